The van der Waals surface area contributed by atoms with E-state index in [-0.39, 0.29) is 21.8 Å². The smallest absolute Gasteiger partial charge is 0.455 e. The summed E-state index contributed by atoms with van der Waals surface area (Å²) in [6.45, 7) is 1.48. The van der Waals surface area contributed by atoms with E-state index in [1.165, 1.54) is 6.92 Å². The van der Waals surface area contributed by atoms with Crippen LogP contribution in [0.5, 0.6) is 11.5 Å². The zero-order chi connectivity index (χ0) is 18.9. The number of benzene rings is 2. The molecule has 2 aromatic rings. The van der Waals surface area contributed by atoms with Crippen molar-refractivity contribution in [3.63, 3.8) is 0 Å². The second-order valence-electron chi connectivity index (χ2n) is 4.85. The van der Waals surface area contributed by atoms with Gasteiger partial charge in [-0.25, -0.2) is 0 Å². The molecule has 0 aromatic heterocycles. The fraction of sp³-hybridized carbons (Fsp3) is 0.143. The summed E-state index contributed by atoms with van der Waals surface area (Å²) in [5.41, 5.74) is -1.10. The monoisotopic (exact) mass is 412 g/mol. The quantitative estimate of drug-likeness (QED) is 0.352. The van der Waals surface area contributed by atoms with Crippen molar-refractivity contribution in [3.8, 4) is 11.5 Å². The Morgan fingerprint density at radius 3 is 2.32 bits per heavy atom. The molecule has 0 aliphatic rings. The van der Waals surface area contributed by atoms with Crippen molar-refractivity contribution < 1.29 is 27.4 Å². The molecule has 0 amide bonds. The number of halogens is 5. The van der Waals surface area contributed by atoms with Crippen LogP contribution in [0.1, 0.15) is 11.1 Å². The minimum atomic E-state index is -4.56. The molecule has 11 heteroatoms. The molecule has 2 aromatic carbocycles. The van der Waals surface area contributed by atoms with Crippen molar-refractivity contribution in [3.05, 3.63) is 56.6 Å². The third-order valence-electron chi connectivity index (χ3n) is 3.14. The summed E-state index contributed by atoms with van der Waals surface area (Å²) >= 11 is 11.3. The van der Waals surface area contributed by atoms with Gasteiger partial charge in [-0.2, -0.15) is 13.2 Å². The number of alkyl halides is 3. The van der Waals surface area contributed by atoms with Crippen molar-refractivity contribution in [2.75, 3.05) is 0 Å². The summed E-state index contributed by atoms with van der Waals surface area (Å²) in [4.78, 5) is 10.2. The van der Waals surface area contributed by atoms with Crippen molar-refractivity contribution in [2.24, 2.45) is 0 Å². The molecule has 25 heavy (non-hydrogen) atoms. The third kappa shape index (κ3) is 4.39. The van der Waals surface area contributed by atoms with Crippen LogP contribution >= 0.6 is 30.0 Å². The largest absolute Gasteiger partial charge is 0.501 e. The number of aryl methyl sites for hydroxylation is 1. The maximum atomic E-state index is 12.6. The normalized spacial score (nSPS) is 12.0. The Bertz CT molecular complexity index is 874. The predicted octanol–water partition coefficient (Wildman–Crippen LogP) is 5.97. The summed E-state index contributed by atoms with van der Waals surface area (Å²) in [5, 5.41) is 10.4. The minimum absolute atomic E-state index is 0.0336. The SMILES string of the molecule is Cc1cc([N+](=O)[O-])c([P+](=O)Cl)cc1Oc1ccc(C(F)(F)F)cc1Cl. The van der Waals surface area contributed by atoms with E-state index in [0.29, 0.717) is 11.6 Å². The zero-order valence-electron chi connectivity index (χ0n) is 12.3. The number of rotatable bonds is 4. The van der Waals surface area contributed by atoms with Crippen molar-refractivity contribution in [1.82, 2.24) is 0 Å². The molecule has 0 fully saturated rings. The fourth-order valence-corrected chi connectivity index (χ4v) is 3.11. The second-order valence-corrected chi connectivity index (χ2v) is 7.15. The van der Waals surface area contributed by atoms with Crippen LogP contribution in [-0.4, -0.2) is 4.92 Å². The van der Waals surface area contributed by atoms with Crippen LogP contribution in [0, 0.1) is 17.0 Å². The van der Waals surface area contributed by atoms with Crippen molar-refractivity contribution in [1.29, 1.82) is 0 Å². The Morgan fingerprint density at radius 2 is 1.84 bits per heavy atom. The van der Waals surface area contributed by atoms with Gasteiger partial charge in [-0.1, -0.05) is 11.6 Å². The molecule has 2 rings (SSSR count). The second kappa shape index (κ2) is 7.15. The van der Waals surface area contributed by atoms with Crippen LogP contribution in [0.2, 0.25) is 5.02 Å². The van der Waals surface area contributed by atoms with E-state index in [0.717, 1.165) is 24.3 Å². The molecule has 0 radical (unpaired) electrons. The average molecular weight is 413 g/mol. The van der Waals surface area contributed by atoms with Crippen LogP contribution in [-0.2, 0) is 10.7 Å². The van der Waals surface area contributed by atoms with E-state index >= 15 is 0 Å². The van der Waals surface area contributed by atoms with Gasteiger partial charge in [0.25, 0.3) is 5.30 Å². The average Bonchev–Trinajstić information content (AvgIpc) is 2.49. The Morgan fingerprint density at radius 1 is 1.20 bits per heavy atom. The molecule has 0 heterocycles. The summed E-state index contributed by atoms with van der Waals surface area (Å²) in [5.74, 6) is -0.0615. The van der Waals surface area contributed by atoms with E-state index in [2.05, 4.69) is 0 Å². The number of nitro benzene ring substituents is 1. The molecule has 5 nitrogen and oxygen atoms in total. The summed E-state index contributed by atoms with van der Waals surface area (Å²) in [6, 6.07) is 4.71. The van der Waals surface area contributed by atoms with Gasteiger partial charge in [0.05, 0.1) is 15.5 Å². The van der Waals surface area contributed by atoms with Gasteiger partial charge in [0.15, 0.2) is 0 Å². The standard InChI is InChI=1S/C14H8Cl2F3NO4P/c1-7-4-10(20(21)22)13(25(16)23)6-12(7)24-11-3-2-8(5-9(11)15)14(17,18)19/h2-6H,1H3/q+1. The van der Waals surface area contributed by atoms with Gasteiger partial charge in [0, 0.05) is 12.1 Å². The van der Waals surface area contributed by atoms with E-state index in [1.807, 2.05) is 0 Å². The number of ether oxygens (including phenoxy) is 1. The first-order valence-electron chi connectivity index (χ1n) is 6.47. The number of hydrogen-bond donors (Lipinski definition) is 0. The first kappa shape index (κ1) is 19.4. The predicted molar refractivity (Wildman–Crippen MR) is 87.5 cm³/mol. The number of hydrogen-bond acceptors (Lipinski definition) is 4. The Kier molecular flexibility index (Phi) is 5.56. The Hall–Kier alpha value is -1.89. The minimum Gasteiger partial charge on any atom is -0.455 e. The lowest BCUT2D eigenvalue weighted by Gasteiger charge is -2.12. The van der Waals surface area contributed by atoms with Gasteiger partial charge in [0.1, 0.15) is 11.5 Å². The number of nitrogens with zero attached hydrogens (tertiary/aromatic N) is 1. The van der Waals surface area contributed by atoms with Crippen LogP contribution in [0.25, 0.3) is 0 Å². The Labute approximate surface area is 150 Å². The van der Waals surface area contributed by atoms with Gasteiger partial charge in [0.2, 0.25) is 11.2 Å². The van der Waals surface area contributed by atoms with Crippen molar-refractivity contribution in [2.45, 2.75) is 13.1 Å². The maximum Gasteiger partial charge on any atom is 0.501 e. The molecular formula is C14H8Cl2F3NO4P+. The number of nitro groups is 1. The molecule has 0 aliphatic heterocycles. The Balaban J connectivity index is 2.46. The van der Waals surface area contributed by atoms with Gasteiger partial charge < -0.3 is 4.74 Å². The lowest BCUT2D eigenvalue weighted by atomic mass is 10.2. The van der Waals surface area contributed by atoms with Crippen LogP contribution in [0.4, 0.5) is 18.9 Å². The molecular weight excluding hydrogens is 405 g/mol. The third-order valence-corrected chi connectivity index (χ3v) is 4.72. The lowest BCUT2D eigenvalue weighted by Crippen LogP contribution is -2.06. The molecule has 0 N–H and O–H groups in total. The molecule has 0 spiro atoms. The topological polar surface area (TPSA) is 69.4 Å². The fourth-order valence-electron chi connectivity index (χ4n) is 1.94. The molecule has 1 unspecified atom stereocenters. The molecule has 1 atom stereocenters. The molecule has 132 valence electrons. The van der Waals surface area contributed by atoms with Crippen LogP contribution < -0.4 is 10.0 Å². The van der Waals surface area contributed by atoms with E-state index in [4.69, 9.17) is 27.6 Å². The van der Waals surface area contributed by atoms with Crippen LogP contribution in [0.15, 0.2) is 30.3 Å². The highest BCUT2D eigenvalue weighted by Gasteiger charge is 2.33. The molecule has 0 saturated heterocycles. The highest BCUT2D eigenvalue weighted by molar-refractivity contribution is 7.80. The maximum absolute atomic E-state index is 12.6. The lowest BCUT2D eigenvalue weighted by molar-refractivity contribution is -0.383. The zero-order valence-corrected chi connectivity index (χ0v) is 14.7. The first-order valence-corrected chi connectivity index (χ1v) is 9.01. The molecule has 0 saturated carbocycles. The van der Waals surface area contributed by atoms with Gasteiger partial charge in [-0.15, -0.1) is 0 Å². The molecule has 0 bridgehead atoms. The van der Waals surface area contributed by atoms with Crippen molar-refractivity contribution >= 4 is 41.0 Å². The van der Waals surface area contributed by atoms with E-state index in [1.54, 1.807) is 0 Å². The van der Waals surface area contributed by atoms with E-state index in [9.17, 15) is 27.9 Å². The molecule has 0 aliphatic carbocycles. The highest BCUT2D eigenvalue weighted by Crippen LogP contribution is 2.39. The summed E-state index contributed by atoms with van der Waals surface area (Å²) < 4.78 is 54.9. The van der Waals surface area contributed by atoms with Crippen LogP contribution in [0.3, 0.4) is 0 Å². The summed E-state index contributed by atoms with van der Waals surface area (Å²) in [6.07, 6.45) is -4.56. The van der Waals surface area contributed by atoms with Gasteiger partial charge in [-0.3, -0.25) is 10.1 Å². The van der Waals surface area contributed by atoms with E-state index < -0.39 is 29.5 Å². The first-order chi connectivity index (χ1) is 11.5. The summed E-state index contributed by atoms with van der Waals surface area (Å²) in [7, 11) is -2.56. The highest BCUT2D eigenvalue weighted by atomic mass is 35.7. The van der Waals surface area contributed by atoms with Gasteiger partial charge in [-0.05, 0) is 35.3 Å². The van der Waals surface area contributed by atoms with Gasteiger partial charge >= 0.3 is 19.0 Å².